The van der Waals surface area contributed by atoms with Crippen molar-refractivity contribution in [3.8, 4) is 28.4 Å². The van der Waals surface area contributed by atoms with Gasteiger partial charge in [0.15, 0.2) is 0 Å². The van der Waals surface area contributed by atoms with Crippen LogP contribution in [0.25, 0.3) is 16.9 Å². The fourth-order valence-corrected chi connectivity index (χ4v) is 4.12. The third-order valence-corrected chi connectivity index (χ3v) is 5.87. The third kappa shape index (κ3) is 5.10. The zero-order valence-electron chi connectivity index (χ0n) is 19.7. The summed E-state index contributed by atoms with van der Waals surface area (Å²) in [4.78, 5) is 5.69. The summed E-state index contributed by atoms with van der Waals surface area (Å²) in [5, 5.41) is 5.09. The first kappa shape index (κ1) is 23.5. The molecule has 0 aliphatic rings. The van der Waals surface area contributed by atoms with E-state index in [1.807, 2.05) is 73.7 Å². The molecule has 34 heavy (non-hydrogen) atoms. The van der Waals surface area contributed by atoms with E-state index in [0.29, 0.717) is 11.6 Å². The van der Waals surface area contributed by atoms with Gasteiger partial charge in [-0.2, -0.15) is 0 Å². The molecule has 4 rings (SSSR count). The Morgan fingerprint density at radius 2 is 1.59 bits per heavy atom. The van der Waals surface area contributed by atoms with Gasteiger partial charge in [0.05, 0.1) is 25.6 Å². The largest absolute Gasteiger partial charge is 0.497 e. The number of ether oxygens (including phenoxy) is 2. The molecule has 5 nitrogen and oxygen atoms in total. The normalized spacial score (nSPS) is 11.4. The summed E-state index contributed by atoms with van der Waals surface area (Å²) in [7, 11) is 3.32. The van der Waals surface area contributed by atoms with Gasteiger partial charge < -0.3 is 18.9 Å². The first-order valence-corrected chi connectivity index (χ1v) is 11.3. The fraction of sp³-hybridized carbons (Fsp3) is 0.179. The molecule has 1 heterocycles. The van der Waals surface area contributed by atoms with E-state index in [0.717, 1.165) is 51.0 Å². The number of rotatable bonds is 8. The number of nitrogens with zero attached hydrogens (tertiary/aromatic N) is 2. The van der Waals surface area contributed by atoms with Gasteiger partial charge in [0.1, 0.15) is 18.1 Å². The lowest BCUT2D eigenvalue weighted by Gasteiger charge is -2.13. The number of halogens is 1. The molecule has 174 valence electrons. The van der Waals surface area contributed by atoms with Crippen LogP contribution in [0.3, 0.4) is 0 Å². The Balaban J connectivity index is 1.71. The van der Waals surface area contributed by atoms with Crippen molar-refractivity contribution in [3.63, 3.8) is 0 Å². The average Bonchev–Trinajstić information content (AvgIpc) is 3.21. The maximum Gasteiger partial charge on any atom is 0.142 e. The standard InChI is InChI=1S/C28H27ClN2O3/c1-19(30-34-18-21-8-5-12-25(14-21)32-3)27-17-28(22-9-6-13-26(15-22)33-4)31(20(27)2)24-11-7-10-23(29)16-24/h5-17H,18H2,1-4H3/b30-19-. The second kappa shape index (κ2) is 10.5. The molecule has 0 unspecified atom stereocenters. The van der Waals surface area contributed by atoms with Gasteiger partial charge in [0.2, 0.25) is 0 Å². The van der Waals surface area contributed by atoms with Crippen molar-refractivity contribution in [2.24, 2.45) is 5.16 Å². The highest BCUT2D eigenvalue weighted by molar-refractivity contribution is 6.30. The number of aromatic nitrogens is 1. The van der Waals surface area contributed by atoms with Crippen molar-refractivity contribution in [1.29, 1.82) is 0 Å². The van der Waals surface area contributed by atoms with Gasteiger partial charge in [-0.05, 0) is 67.9 Å². The second-order valence-electron chi connectivity index (χ2n) is 7.88. The molecule has 3 aromatic carbocycles. The minimum Gasteiger partial charge on any atom is -0.497 e. The number of methoxy groups -OCH3 is 2. The smallest absolute Gasteiger partial charge is 0.142 e. The van der Waals surface area contributed by atoms with Gasteiger partial charge in [-0.15, -0.1) is 0 Å². The van der Waals surface area contributed by atoms with Crippen LogP contribution in [0, 0.1) is 6.92 Å². The summed E-state index contributed by atoms with van der Waals surface area (Å²) in [5.41, 5.74) is 6.80. The summed E-state index contributed by atoms with van der Waals surface area (Å²) in [6.45, 7) is 4.37. The average molecular weight is 475 g/mol. The molecule has 0 amide bonds. The molecule has 1 aromatic heterocycles. The molecule has 0 saturated heterocycles. The molecule has 0 aliphatic carbocycles. The Hall–Kier alpha value is -3.70. The zero-order valence-corrected chi connectivity index (χ0v) is 20.5. The van der Waals surface area contributed by atoms with E-state index in [-0.39, 0.29) is 0 Å². The Morgan fingerprint density at radius 3 is 2.32 bits per heavy atom. The van der Waals surface area contributed by atoms with Gasteiger partial charge in [0.25, 0.3) is 0 Å². The highest BCUT2D eigenvalue weighted by Gasteiger charge is 2.18. The van der Waals surface area contributed by atoms with Gasteiger partial charge in [-0.3, -0.25) is 0 Å². The summed E-state index contributed by atoms with van der Waals surface area (Å²) in [6, 6.07) is 25.7. The van der Waals surface area contributed by atoms with E-state index in [1.54, 1.807) is 14.2 Å². The van der Waals surface area contributed by atoms with Crippen LogP contribution in [0.5, 0.6) is 11.5 Å². The van der Waals surface area contributed by atoms with Gasteiger partial charge in [-0.1, -0.05) is 47.1 Å². The van der Waals surface area contributed by atoms with E-state index in [1.165, 1.54) is 0 Å². The molecule has 0 saturated carbocycles. The van der Waals surface area contributed by atoms with Crippen molar-refractivity contribution >= 4 is 17.3 Å². The molecule has 0 fully saturated rings. The molecule has 0 atom stereocenters. The van der Waals surface area contributed by atoms with Crippen molar-refractivity contribution in [2.45, 2.75) is 20.5 Å². The van der Waals surface area contributed by atoms with Crippen LogP contribution in [-0.4, -0.2) is 24.5 Å². The Kier molecular flexibility index (Phi) is 7.24. The monoisotopic (exact) mass is 474 g/mol. The Bertz CT molecular complexity index is 1330. The number of benzene rings is 3. The van der Waals surface area contributed by atoms with E-state index in [2.05, 4.69) is 28.8 Å². The molecule has 6 heteroatoms. The van der Waals surface area contributed by atoms with Crippen molar-refractivity contribution in [2.75, 3.05) is 14.2 Å². The van der Waals surface area contributed by atoms with Crippen LogP contribution >= 0.6 is 11.6 Å². The van der Waals surface area contributed by atoms with Crippen LogP contribution in [0.4, 0.5) is 0 Å². The lowest BCUT2D eigenvalue weighted by molar-refractivity contribution is 0.130. The third-order valence-electron chi connectivity index (χ3n) is 5.64. The summed E-state index contributed by atoms with van der Waals surface area (Å²) in [6.07, 6.45) is 0. The van der Waals surface area contributed by atoms with E-state index >= 15 is 0 Å². The first-order chi connectivity index (χ1) is 16.5. The SMILES string of the molecule is COc1cccc(CO/N=C(/C)c2cc(-c3cccc(OC)c3)n(-c3cccc(Cl)c3)c2C)c1. The predicted octanol–water partition coefficient (Wildman–Crippen LogP) is 7.06. The maximum atomic E-state index is 6.32. The van der Waals surface area contributed by atoms with Gasteiger partial charge in [-0.25, -0.2) is 0 Å². The van der Waals surface area contributed by atoms with Crippen molar-refractivity contribution < 1.29 is 14.3 Å². The zero-order chi connectivity index (χ0) is 24.1. The summed E-state index contributed by atoms with van der Waals surface area (Å²) < 4.78 is 12.9. The molecule has 0 N–H and O–H groups in total. The number of hydrogen-bond acceptors (Lipinski definition) is 4. The lowest BCUT2D eigenvalue weighted by Crippen LogP contribution is -2.02. The van der Waals surface area contributed by atoms with Crippen LogP contribution in [-0.2, 0) is 11.4 Å². The second-order valence-corrected chi connectivity index (χ2v) is 8.31. The Labute approximate surface area is 205 Å². The molecule has 0 aliphatic heterocycles. The van der Waals surface area contributed by atoms with E-state index < -0.39 is 0 Å². The quantitative estimate of drug-likeness (QED) is 0.203. The Morgan fingerprint density at radius 1 is 0.882 bits per heavy atom. The molecule has 0 bridgehead atoms. The molecular formula is C28H27ClN2O3. The van der Waals surface area contributed by atoms with Crippen LogP contribution in [0.15, 0.2) is 84.0 Å². The summed E-state index contributed by atoms with van der Waals surface area (Å²) in [5.74, 6) is 1.58. The highest BCUT2D eigenvalue weighted by Crippen LogP contribution is 2.32. The highest BCUT2D eigenvalue weighted by atomic mass is 35.5. The van der Waals surface area contributed by atoms with Crippen molar-refractivity contribution in [1.82, 2.24) is 4.57 Å². The van der Waals surface area contributed by atoms with Crippen LogP contribution in [0.2, 0.25) is 5.02 Å². The van der Waals surface area contributed by atoms with Gasteiger partial charge in [0, 0.05) is 27.5 Å². The molecule has 0 spiro atoms. The first-order valence-electron chi connectivity index (χ1n) is 10.9. The molecule has 0 radical (unpaired) electrons. The number of oxime groups is 1. The van der Waals surface area contributed by atoms with Crippen LogP contribution in [0.1, 0.15) is 23.7 Å². The topological polar surface area (TPSA) is 45.0 Å². The van der Waals surface area contributed by atoms with E-state index in [9.17, 15) is 0 Å². The van der Waals surface area contributed by atoms with Crippen LogP contribution < -0.4 is 9.47 Å². The maximum absolute atomic E-state index is 6.32. The lowest BCUT2D eigenvalue weighted by atomic mass is 10.1. The number of hydrogen-bond donors (Lipinski definition) is 0. The minimum atomic E-state index is 0.353. The molecular weight excluding hydrogens is 448 g/mol. The predicted molar refractivity (Wildman–Crippen MR) is 137 cm³/mol. The fourth-order valence-electron chi connectivity index (χ4n) is 3.93. The summed E-state index contributed by atoms with van der Waals surface area (Å²) >= 11 is 6.32. The molecule has 4 aromatic rings. The van der Waals surface area contributed by atoms with Crippen molar-refractivity contribution in [3.05, 3.63) is 101 Å². The van der Waals surface area contributed by atoms with E-state index in [4.69, 9.17) is 25.9 Å². The van der Waals surface area contributed by atoms with Gasteiger partial charge >= 0.3 is 0 Å². The minimum absolute atomic E-state index is 0.353.